The lowest BCUT2D eigenvalue weighted by Crippen LogP contribution is -2.06. The summed E-state index contributed by atoms with van der Waals surface area (Å²) in [5, 5.41) is -0.364. The summed E-state index contributed by atoms with van der Waals surface area (Å²) in [5.74, 6) is -0.879. The van der Waals surface area contributed by atoms with E-state index in [1.54, 1.807) is 0 Å². The number of hydrogen-bond donors (Lipinski definition) is 0. The molecule has 0 amide bonds. The van der Waals surface area contributed by atoms with Crippen molar-refractivity contribution >= 4 is 11.6 Å². The zero-order valence-corrected chi connectivity index (χ0v) is 10.9. The summed E-state index contributed by atoms with van der Waals surface area (Å²) in [7, 11) is 1.26. The molecule has 0 saturated carbocycles. The highest BCUT2D eigenvalue weighted by Gasteiger charge is 2.32. The van der Waals surface area contributed by atoms with Gasteiger partial charge in [0.1, 0.15) is 5.15 Å². The largest absolute Gasteiger partial charge is 0.494 e. The Morgan fingerprint density at radius 3 is 2.50 bits per heavy atom. The Labute approximate surface area is 117 Å². The molecule has 0 aliphatic rings. The Balaban J connectivity index is 2.62. The van der Waals surface area contributed by atoms with Crippen molar-refractivity contribution in [2.45, 2.75) is 6.18 Å². The Morgan fingerprint density at radius 2 is 1.90 bits per heavy atom. The summed E-state index contributed by atoms with van der Waals surface area (Å²) in [5.41, 5.74) is -1.31. The average Bonchev–Trinajstić information content (AvgIpc) is 2.37. The van der Waals surface area contributed by atoms with Gasteiger partial charge in [-0.1, -0.05) is 17.7 Å². The van der Waals surface area contributed by atoms with E-state index >= 15 is 0 Å². The van der Waals surface area contributed by atoms with Gasteiger partial charge < -0.3 is 4.74 Å². The van der Waals surface area contributed by atoms with E-state index in [1.807, 2.05) is 0 Å². The monoisotopic (exact) mass is 305 g/mol. The third-order valence-electron chi connectivity index (χ3n) is 2.58. The third kappa shape index (κ3) is 2.85. The summed E-state index contributed by atoms with van der Waals surface area (Å²) in [4.78, 5) is 3.72. The van der Waals surface area contributed by atoms with Gasteiger partial charge in [-0.3, -0.25) is 0 Å². The standard InChI is InChI=1S/C13H8ClF4NO/c1-20-10-4-2-3-8(12(10)15)9-5-7(13(16,17)18)6-11(14)19-9/h2-6H,1H3. The molecule has 106 valence electrons. The second kappa shape index (κ2) is 5.28. The molecule has 0 atom stereocenters. The first-order valence-electron chi connectivity index (χ1n) is 5.40. The minimum atomic E-state index is -4.59. The second-order valence-electron chi connectivity index (χ2n) is 3.88. The molecule has 0 fully saturated rings. The molecule has 2 nitrogen and oxygen atoms in total. The molecule has 1 aromatic heterocycles. The van der Waals surface area contributed by atoms with E-state index < -0.39 is 17.6 Å². The predicted octanol–water partition coefficient (Wildman–Crippen LogP) is 4.57. The first-order chi connectivity index (χ1) is 9.32. The summed E-state index contributed by atoms with van der Waals surface area (Å²) in [6, 6.07) is 5.53. The van der Waals surface area contributed by atoms with Gasteiger partial charge in [-0.2, -0.15) is 13.2 Å². The molecule has 1 heterocycles. The van der Waals surface area contributed by atoms with E-state index in [2.05, 4.69) is 4.98 Å². The smallest absolute Gasteiger partial charge is 0.416 e. The van der Waals surface area contributed by atoms with E-state index in [-0.39, 0.29) is 22.2 Å². The molecular formula is C13H8ClF4NO. The number of halogens is 5. The highest BCUT2D eigenvalue weighted by molar-refractivity contribution is 6.29. The van der Waals surface area contributed by atoms with Gasteiger partial charge >= 0.3 is 6.18 Å². The van der Waals surface area contributed by atoms with Crippen LogP contribution in [0.15, 0.2) is 30.3 Å². The highest BCUT2D eigenvalue weighted by Crippen LogP contribution is 2.35. The van der Waals surface area contributed by atoms with Crippen LogP contribution in [0.5, 0.6) is 5.75 Å². The highest BCUT2D eigenvalue weighted by atomic mass is 35.5. The maximum absolute atomic E-state index is 14.0. The topological polar surface area (TPSA) is 22.1 Å². The molecule has 0 saturated heterocycles. The SMILES string of the molecule is COc1cccc(-c2cc(C(F)(F)F)cc(Cl)n2)c1F. The van der Waals surface area contributed by atoms with E-state index in [0.29, 0.717) is 6.07 Å². The van der Waals surface area contributed by atoms with Crippen LogP contribution in [0.3, 0.4) is 0 Å². The van der Waals surface area contributed by atoms with Gasteiger partial charge in [0.2, 0.25) is 0 Å². The number of ether oxygens (including phenoxy) is 1. The first-order valence-corrected chi connectivity index (χ1v) is 5.78. The number of aromatic nitrogens is 1. The summed E-state index contributed by atoms with van der Waals surface area (Å²) in [6.07, 6.45) is -4.59. The summed E-state index contributed by atoms with van der Waals surface area (Å²) in [6.45, 7) is 0. The number of alkyl halides is 3. The van der Waals surface area contributed by atoms with Crippen molar-refractivity contribution in [3.63, 3.8) is 0 Å². The van der Waals surface area contributed by atoms with Crippen LogP contribution >= 0.6 is 11.6 Å². The van der Waals surface area contributed by atoms with Crippen LogP contribution in [0.2, 0.25) is 5.15 Å². The van der Waals surface area contributed by atoms with Crippen LogP contribution in [0.4, 0.5) is 17.6 Å². The molecule has 20 heavy (non-hydrogen) atoms. The zero-order valence-electron chi connectivity index (χ0n) is 10.1. The molecule has 2 rings (SSSR count). The lowest BCUT2D eigenvalue weighted by Gasteiger charge is -2.11. The molecule has 0 aliphatic heterocycles. The molecule has 0 spiro atoms. The summed E-state index contributed by atoms with van der Waals surface area (Å²) >= 11 is 5.57. The lowest BCUT2D eigenvalue weighted by atomic mass is 10.1. The molecule has 1 aromatic carbocycles. The molecule has 2 aromatic rings. The normalized spacial score (nSPS) is 11.5. The van der Waals surface area contributed by atoms with Crippen molar-refractivity contribution in [2.24, 2.45) is 0 Å². The lowest BCUT2D eigenvalue weighted by molar-refractivity contribution is -0.137. The Morgan fingerprint density at radius 1 is 1.20 bits per heavy atom. The second-order valence-corrected chi connectivity index (χ2v) is 4.27. The van der Waals surface area contributed by atoms with Gasteiger partial charge in [-0.05, 0) is 24.3 Å². The molecule has 0 radical (unpaired) electrons. The van der Waals surface area contributed by atoms with Crippen LogP contribution < -0.4 is 4.74 Å². The fourth-order valence-corrected chi connectivity index (χ4v) is 1.87. The van der Waals surface area contributed by atoms with Crippen molar-refractivity contribution < 1.29 is 22.3 Å². The maximum atomic E-state index is 14.0. The van der Waals surface area contributed by atoms with Gasteiger partial charge in [0, 0.05) is 5.56 Å². The van der Waals surface area contributed by atoms with Gasteiger partial charge in [0.05, 0.1) is 18.4 Å². The van der Waals surface area contributed by atoms with E-state index in [4.69, 9.17) is 16.3 Å². The number of methoxy groups -OCH3 is 1. The fourth-order valence-electron chi connectivity index (χ4n) is 1.66. The van der Waals surface area contributed by atoms with Crippen molar-refractivity contribution in [3.8, 4) is 17.0 Å². The predicted molar refractivity (Wildman–Crippen MR) is 66.2 cm³/mol. The minimum Gasteiger partial charge on any atom is -0.494 e. The molecule has 0 aliphatic carbocycles. The van der Waals surface area contributed by atoms with Gasteiger partial charge in [-0.25, -0.2) is 9.37 Å². The molecular weight excluding hydrogens is 298 g/mol. The fraction of sp³-hybridized carbons (Fsp3) is 0.154. The quantitative estimate of drug-likeness (QED) is 0.599. The van der Waals surface area contributed by atoms with E-state index in [9.17, 15) is 17.6 Å². The van der Waals surface area contributed by atoms with Crippen molar-refractivity contribution in [2.75, 3.05) is 7.11 Å². The maximum Gasteiger partial charge on any atom is 0.416 e. The van der Waals surface area contributed by atoms with Gasteiger partial charge in [0.15, 0.2) is 11.6 Å². The first kappa shape index (κ1) is 14.6. The average molecular weight is 306 g/mol. The van der Waals surface area contributed by atoms with Crippen LogP contribution in [0.1, 0.15) is 5.56 Å². The van der Waals surface area contributed by atoms with Crippen LogP contribution in [-0.2, 0) is 6.18 Å². The minimum absolute atomic E-state index is 0.0853. The molecule has 0 N–H and O–H groups in total. The summed E-state index contributed by atoms with van der Waals surface area (Å²) < 4.78 is 56.9. The Bertz CT molecular complexity index is 643. The van der Waals surface area contributed by atoms with E-state index in [0.717, 1.165) is 6.07 Å². The van der Waals surface area contributed by atoms with Gasteiger partial charge in [0.25, 0.3) is 0 Å². The number of pyridine rings is 1. The molecule has 0 bridgehead atoms. The van der Waals surface area contributed by atoms with Crippen LogP contribution in [0.25, 0.3) is 11.3 Å². The van der Waals surface area contributed by atoms with Gasteiger partial charge in [-0.15, -0.1) is 0 Å². The van der Waals surface area contributed by atoms with Crippen molar-refractivity contribution in [1.29, 1.82) is 0 Å². The van der Waals surface area contributed by atoms with Crippen molar-refractivity contribution in [3.05, 3.63) is 46.9 Å². The molecule has 7 heteroatoms. The van der Waals surface area contributed by atoms with E-state index in [1.165, 1.54) is 25.3 Å². The number of hydrogen-bond acceptors (Lipinski definition) is 2. The number of rotatable bonds is 2. The Hall–Kier alpha value is -1.82. The third-order valence-corrected chi connectivity index (χ3v) is 2.77. The zero-order chi connectivity index (χ0) is 14.9. The van der Waals surface area contributed by atoms with Crippen LogP contribution in [0, 0.1) is 5.82 Å². The van der Waals surface area contributed by atoms with Crippen molar-refractivity contribution in [1.82, 2.24) is 4.98 Å². The number of benzene rings is 1. The number of nitrogens with zero attached hydrogens (tertiary/aromatic N) is 1. The molecule has 0 unspecified atom stereocenters. The van der Waals surface area contributed by atoms with Crippen LogP contribution in [-0.4, -0.2) is 12.1 Å². The Kier molecular flexibility index (Phi) is 3.85.